The summed E-state index contributed by atoms with van der Waals surface area (Å²) in [6.07, 6.45) is 4.94. The van der Waals surface area contributed by atoms with Crippen LogP contribution in [-0.2, 0) is 6.54 Å². The number of benzene rings is 1. The van der Waals surface area contributed by atoms with Crippen molar-refractivity contribution in [3.05, 3.63) is 34.7 Å². The Labute approximate surface area is 129 Å². The van der Waals surface area contributed by atoms with Crippen molar-refractivity contribution in [2.45, 2.75) is 45.2 Å². The molecule has 1 aliphatic rings. The van der Waals surface area contributed by atoms with E-state index in [2.05, 4.69) is 12.2 Å². The summed E-state index contributed by atoms with van der Waals surface area (Å²) in [5.74, 6) is 0.0184. The first-order valence-corrected chi connectivity index (χ1v) is 8.44. The molecule has 3 rings (SSSR count). The molecule has 1 heterocycles. The fourth-order valence-corrected chi connectivity index (χ4v) is 4.22. The summed E-state index contributed by atoms with van der Waals surface area (Å²) >= 11 is 1.38. The van der Waals surface area contributed by atoms with Crippen LogP contribution in [0.15, 0.2) is 24.3 Å². The maximum atomic E-state index is 11.5. The highest BCUT2D eigenvalue weighted by Crippen LogP contribution is 2.32. The lowest BCUT2D eigenvalue weighted by Crippen LogP contribution is -2.32. The largest absolute Gasteiger partial charge is 0.477 e. The molecule has 0 amide bonds. The third kappa shape index (κ3) is 3.11. The number of nitrogens with one attached hydrogen (secondary N) is 1. The first-order valence-electron chi connectivity index (χ1n) is 7.62. The molecule has 0 spiro atoms. The average Bonchev–Trinajstić information content (AvgIpc) is 2.86. The molecule has 0 saturated heterocycles. The Hall–Kier alpha value is -1.39. The molecule has 1 aromatic carbocycles. The molecule has 21 heavy (non-hydrogen) atoms. The summed E-state index contributed by atoms with van der Waals surface area (Å²) < 4.78 is 1.06. The highest BCUT2D eigenvalue weighted by atomic mass is 32.1. The number of hydrogen-bond donors (Lipinski definition) is 2. The smallest absolute Gasteiger partial charge is 0.346 e. The lowest BCUT2D eigenvalue weighted by atomic mass is 9.87. The first kappa shape index (κ1) is 14.5. The Morgan fingerprint density at radius 2 is 2.00 bits per heavy atom. The molecule has 4 heteroatoms. The van der Waals surface area contributed by atoms with Crippen LogP contribution >= 0.6 is 11.3 Å². The van der Waals surface area contributed by atoms with Crippen LogP contribution in [0.25, 0.3) is 10.1 Å². The van der Waals surface area contributed by atoms with Crippen molar-refractivity contribution in [2.75, 3.05) is 0 Å². The summed E-state index contributed by atoms with van der Waals surface area (Å²) in [4.78, 5) is 11.9. The van der Waals surface area contributed by atoms with E-state index in [1.54, 1.807) is 0 Å². The van der Waals surface area contributed by atoms with E-state index in [9.17, 15) is 9.90 Å². The van der Waals surface area contributed by atoms with Gasteiger partial charge in [-0.25, -0.2) is 4.79 Å². The van der Waals surface area contributed by atoms with Crippen molar-refractivity contribution in [1.29, 1.82) is 0 Å². The molecular formula is C17H21NO2S. The fourth-order valence-electron chi connectivity index (χ4n) is 3.16. The molecule has 0 radical (unpaired) electrons. The van der Waals surface area contributed by atoms with Crippen molar-refractivity contribution in [1.82, 2.24) is 5.32 Å². The zero-order valence-corrected chi connectivity index (χ0v) is 13.1. The predicted molar refractivity (Wildman–Crippen MR) is 87.0 cm³/mol. The van der Waals surface area contributed by atoms with Gasteiger partial charge in [0.15, 0.2) is 0 Å². The second-order valence-corrected chi connectivity index (χ2v) is 7.10. The average molecular weight is 303 g/mol. The summed E-state index contributed by atoms with van der Waals surface area (Å²) in [5, 5.41) is 14.1. The van der Waals surface area contributed by atoms with Crippen molar-refractivity contribution in [3.8, 4) is 0 Å². The number of rotatable bonds is 4. The van der Waals surface area contributed by atoms with E-state index < -0.39 is 5.97 Å². The quantitative estimate of drug-likeness (QED) is 0.887. The van der Waals surface area contributed by atoms with Gasteiger partial charge in [-0.05, 0) is 48.6 Å². The Morgan fingerprint density at radius 1 is 1.29 bits per heavy atom. The second-order valence-electron chi connectivity index (χ2n) is 6.05. The highest BCUT2D eigenvalue weighted by Gasteiger charge is 2.21. The SMILES string of the molecule is CC1CCC(NCc2c(C(=O)O)sc3ccccc23)CC1. The lowest BCUT2D eigenvalue weighted by molar-refractivity contribution is 0.0701. The van der Waals surface area contributed by atoms with Gasteiger partial charge in [-0.1, -0.05) is 25.1 Å². The molecular weight excluding hydrogens is 282 g/mol. The molecule has 0 unspecified atom stereocenters. The van der Waals surface area contributed by atoms with Crippen molar-refractivity contribution in [2.24, 2.45) is 5.92 Å². The maximum Gasteiger partial charge on any atom is 0.346 e. The zero-order chi connectivity index (χ0) is 14.8. The van der Waals surface area contributed by atoms with Gasteiger partial charge in [-0.2, -0.15) is 0 Å². The minimum absolute atomic E-state index is 0.480. The monoisotopic (exact) mass is 303 g/mol. The molecule has 2 aromatic rings. The van der Waals surface area contributed by atoms with E-state index in [1.165, 1.54) is 37.0 Å². The minimum Gasteiger partial charge on any atom is -0.477 e. The number of carboxylic acids is 1. The van der Waals surface area contributed by atoms with Crippen LogP contribution in [-0.4, -0.2) is 17.1 Å². The van der Waals surface area contributed by atoms with Gasteiger partial charge in [0, 0.05) is 17.3 Å². The number of thiophene rings is 1. The van der Waals surface area contributed by atoms with Crippen LogP contribution in [0.3, 0.4) is 0 Å². The number of carbonyl (C=O) groups is 1. The molecule has 3 nitrogen and oxygen atoms in total. The van der Waals surface area contributed by atoms with Crippen molar-refractivity contribution < 1.29 is 9.90 Å². The van der Waals surface area contributed by atoms with Gasteiger partial charge in [0.1, 0.15) is 4.88 Å². The zero-order valence-electron chi connectivity index (χ0n) is 12.3. The fraction of sp³-hybridized carbons (Fsp3) is 0.471. The minimum atomic E-state index is -0.815. The summed E-state index contributed by atoms with van der Waals surface area (Å²) in [7, 11) is 0. The van der Waals surface area contributed by atoms with E-state index in [0.717, 1.165) is 21.6 Å². The summed E-state index contributed by atoms with van der Waals surface area (Å²) in [6.45, 7) is 2.97. The van der Waals surface area contributed by atoms with E-state index in [1.807, 2.05) is 24.3 Å². The molecule has 1 saturated carbocycles. The van der Waals surface area contributed by atoms with Gasteiger partial charge in [0.05, 0.1) is 0 Å². The maximum absolute atomic E-state index is 11.5. The third-order valence-corrected chi connectivity index (χ3v) is 5.68. The van der Waals surface area contributed by atoms with Crippen LogP contribution in [0.1, 0.15) is 47.8 Å². The molecule has 2 N–H and O–H groups in total. The standard InChI is InChI=1S/C17H21NO2S/c1-11-6-8-12(9-7-11)18-10-14-13-4-2-3-5-15(13)21-16(14)17(19)20/h2-5,11-12,18H,6-10H2,1H3,(H,19,20). The van der Waals surface area contributed by atoms with Crippen LogP contribution in [0.4, 0.5) is 0 Å². The molecule has 0 atom stereocenters. The molecule has 0 bridgehead atoms. The van der Waals surface area contributed by atoms with Crippen molar-refractivity contribution >= 4 is 27.4 Å². The molecule has 1 fully saturated rings. The summed E-state index contributed by atoms with van der Waals surface area (Å²) in [6, 6.07) is 8.49. The second kappa shape index (κ2) is 6.16. The normalized spacial score (nSPS) is 22.5. The first-order chi connectivity index (χ1) is 10.1. The number of fused-ring (bicyclic) bond motifs is 1. The van der Waals surface area contributed by atoms with Gasteiger partial charge in [-0.3, -0.25) is 0 Å². The van der Waals surface area contributed by atoms with E-state index in [-0.39, 0.29) is 0 Å². The molecule has 1 aliphatic carbocycles. The van der Waals surface area contributed by atoms with E-state index in [4.69, 9.17) is 0 Å². The van der Waals surface area contributed by atoms with Gasteiger partial charge < -0.3 is 10.4 Å². The van der Waals surface area contributed by atoms with Gasteiger partial charge in [0.25, 0.3) is 0 Å². The van der Waals surface area contributed by atoms with Crippen LogP contribution < -0.4 is 5.32 Å². The molecule has 112 valence electrons. The number of hydrogen-bond acceptors (Lipinski definition) is 3. The number of aromatic carboxylic acids is 1. The topological polar surface area (TPSA) is 49.3 Å². The Morgan fingerprint density at radius 3 is 2.71 bits per heavy atom. The highest BCUT2D eigenvalue weighted by molar-refractivity contribution is 7.21. The lowest BCUT2D eigenvalue weighted by Gasteiger charge is -2.27. The van der Waals surface area contributed by atoms with E-state index >= 15 is 0 Å². The molecule has 0 aliphatic heterocycles. The van der Waals surface area contributed by atoms with Crippen molar-refractivity contribution in [3.63, 3.8) is 0 Å². The Kier molecular flexibility index (Phi) is 4.27. The van der Waals surface area contributed by atoms with Crippen LogP contribution in [0.2, 0.25) is 0 Å². The van der Waals surface area contributed by atoms with E-state index in [0.29, 0.717) is 17.5 Å². The summed E-state index contributed by atoms with van der Waals surface area (Å²) in [5.41, 5.74) is 0.946. The van der Waals surface area contributed by atoms with Gasteiger partial charge in [0.2, 0.25) is 0 Å². The van der Waals surface area contributed by atoms with Crippen LogP contribution in [0, 0.1) is 5.92 Å². The Balaban J connectivity index is 1.79. The van der Waals surface area contributed by atoms with Gasteiger partial charge in [-0.15, -0.1) is 11.3 Å². The van der Waals surface area contributed by atoms with Gasteiger partial charge >= 0.3 is 5.97 Å². The number of carboxylic acid groups (broad SMARTS) is 1. The predicted octanol–water partition coefficient (Wildman–Crippen LogP) is 4.27. The van der Waals surface area contributed by atoms with Crippen LogP contribution in [0.5, 0.6) is 0 Å². The third-order valence-electron chi connectivity index (χ3n) is 4.48. The Bertz CT molecular complexity index is 641. The molecule has 1 aromatic heterocycles.